The summed E-state index contributed by atoms with van der Waals surface area (Å²) in [5, 5.41) is 0. The zero-order chi connectivity index (χ0) is 22.4. The van der Waals surface area contributed by atoms with E-state index in [1.54, 1.807) is 23.1 Å². The molecule has 0 spiro atoms. The van der Waals surface area contributed by atoms with E-state index < -0.39 is 0 Å². The van der Waals surface area contributed by atoms with E-state index in [1.807, 2.05) is 6.92 Å². The smallest absolute Gasteiger partial charge is 0.226 e. The largest absolute Gasteiger partial charge is 0.381 e. The van der Waals surface area contributed by atoms with Crippen LogP contribution in [0.15, 0.2) is 48.1 Å². The summed E-state index contributed by atoms with van der Waals surface area (Å²) in [6, 6.07) is 6.64. The highest BCUT2D eigenvalue weighted by Crippen LogP contribution is 2.33. The number of piperazine rings is 1. The lowest BCUT2D eigenvalue weighted by Gasteiger charge is -2.51. The van der Waals surface area contributed by atoms with Crippen molar-refractivity contribution < 1.29 is 13.9 Å². The van der Waals surface area contributed by atoms with Crippen molar-refractivity contribution in [2.45, 2.75) is 44.6 Å². The number of carbonyl (C=O) groups excluding carboxylic acids is 1. The first-order valence-electron chi connectivity index (χ1n) is 12.1. The normalized spacial score (nSPS) is 21.9. The molecule has 0 unspecified atom stereocenters. The first kappa shape index (κ1) is 23.1. The van der Waals surface area contributed by atoms with Crippen LogP contribution in [0.25, 0.3) is 0 Å². The number of ether oxygens (including phenoxy) is 1. The van der Waals surface area contributed by atoms with Crippen molar-refractivity contribution in [1.82, 2.24) is 9.80 Å². The lowest BCUT2D eigenvalue weighted by Crippen LogP contribution is -2.63. The molecule has 1 aromatic carbocycles. The third-order valence-electron chi connectivity index (χ3n) is 7.19. The number of nitrogens with zero attached hydrogens (tertiary/aromatic N) is 3. The van der Waals surface area contributed by atoms with Gasteiger partial charge in [0.05, 0.1) is 5.69 Å². The number of hydrogen-bond donors (Lipinski definition) is 0. The van der Waals surface area contributed by atoms with Gasteiger partial charge in [-0.15, -0.1) is 0 Å². The summed E-state index contributed by atoms with van der Waals surface area (Å²) in [4.78, 5) is 19.7. The molecule has 2 aliphatic heterocycles. The van der Waals surface area contributed by atoms with Crippen LogP contribution in [0.3, 0.4) is 0 Å². The molecule has 2 saturated heterocycles. The maximum absolute atomic E-state index is 14.7. The summed E-state index contributed by atoms with van der Waals surface area (Å²) < 4.78 is 20.4. The maximum atomic E-state index is 14.7. The van der Waals surface area contributed by atoms with E-state index in [2.05, 4.69) is 28.0 Å². The molecule has 0 saturated carbocycles. The molecule has 0 bridgehead atoms. The minimum absolute atomic E-state index is 0.0307. The third kappa shape index (κ3) is 5.30. The Balaban J connectivity index is 1.49. The fraction of sp³-hybridized carbons (Fsp3) is 0.577. The number of rotatable bonds is 7. The number of halogens is 1. The van der Waals surface area contributed by atoms with Gasteiger partial charge in [-0.3, -0.25) is 14.6 Å². The number of hydrogen-bond acceptors (Lipinski definition) is 4. The number of carbonyl (C=O) groups is 1. The van der Waals surface area contributed by atoms with Gasteiger partial charge in [-0.1, -0.05) is 42.9 Å². The van der Waals surface area contributed by atoms with Crippen LogP contribution < -0.4 is 4.90 Å². The molecule has 0 N–H and O–H groups in total. The standard InChI is InChI=1S/C26H36FN3O2/c1-2-25(31)30(24-11-7-6-10-23(24)27)21-26(12-18-32-19-13-26)29-16-14-28(15-17-29)20-22-8-4-3-5-9-22/h3-4,6-8,10-11H,2,5,9,12-21H2,1H3. The van der Waals surface area contributed by atoms with Crippen LogP contribution in [0, 0.1) is 5.82 Å². The summed E-state index contributed by atoms with van der Waals surface area (Å²) in [5.74, 6) is -0.368. The molecule has 6 heteroatoms. The van der Waals surface area contributed by atoms with Gasteiger partial charge in [-0.25, -0.2) is 4.39 Å². The van der Waals surface area contributed by atoms with E-state index in [0.29, 0.717) is 31.9 Å². The summed E-state index contributed by atoms with van der Waals surface area (Å²) in [7, 11) is 0. The fourth-order valence-electron chi connectivity index (χ4n) is 5.24. The van der Waals surface area contributed by atoms with Gasteiger partial charge in [0.25, 0.3) is 0 Å². The Morgan fingerprint density at radius 2 is 1.91 bits per heavy atom. The lowest BCUT2D eigenvalue weighted by atomic mass is 9.86. The predicted octanol–water partition coefficient (Wildman–Crippen LogP) is 4.01. The van der Waals surface area contributed by atoms with E-state index in [1.165, 1.54) is 11.6 Å². The second-order valence-electron chi connectivity index (χ2n) is 9.18. The van der Waals surface area contributed by atoms with Crippen molar-refractivity contribution in [3.8, 4) is 0 Å². The molecule has 4 rings (SSSR count). The SMILES string of the molecule is CCC(=O)N(CC1(N2CCN(CC3=CC=CCC3)CC2)CCOCC1)c1ccccc1F. The zero-order valence-corrected chi connectivity index (χ0v) is 19.3. The van der Waals surface area contributed by atoms with Crippen molar-refractivity contribution in [2.75, 3.05) is 57.4 Å². The Morgan fingerprint density at radius 1 is 1.16 bits per heavy atom. The van der Waals surface area contributed by atoms with Crippen LogP contribution in [-0.4, -0.2) is 73.7 Å². The Hall–Kier alpha value is -2.02. The van der Waals surface area contributed by atoms with Gasteiger partial charge in [0.2, 0.25) is 5.91 Å². The summed E-state index contributed by atoms with van der Waals surface area (Å²) in [5.41, 5.74) is 1.73. The Kier molecular flexibility index (Phi) is 7.76. The molecular weight excluding hydrogens is 405 g/mol. The zero-order valence-electron chi connectivity index (χ0n) is 19.3. The van der Waals surface area contributed by atoms with Gasteiger partial charge in [0.1, 0.15) is 5.82 Å². The molecule has 1 amide bonds. The predicted molar refractivity (Wildman–Crippen MR) is 126 cm³/mol. The second-order valence-corrected chi connectivity index (χ2v) is 9.18. The van der Waals surface area contributed by atoms with Gasteiger partial charge in [-0.2, -0.15) is 0 Å². The molecular formula is C26H36FN3O2. The van der Waals surface area contributed by atoms with Crippen molar-refractivity contribution in [1.29, 1.82) is 0 Å². The molecule has 174 valence electrons. The molecule has 32 heavy (non-hydrogen) atoms. The van der Waals surface area contributed by atoms with Crippen LogP contribution in [0.4, 0.5) is 10.1 Å². The Bertz CT molecular complexity index is 839. The van der Waals surface area contributed by atoms with Crippen LogP contribution in [-0.2, 0) is 9.53 Å². The summed E-state index contributed by atoms with van der Waals surface area (Å²) in [6.45, 7) is 8.75. The average molecular weight is 442 g/mol. The maximum Gasteiger partial charge on any atom is 0.226 e. The number of para-hydroxylation sites is 1. The van der Waals surface area contributed by atoms with Gasteiger partial charge in [0, 0.05) is 64.4 Å². The lowest BCUT2D eigenvalue weighted by molar-refractivity contribution is -0.119. The molecule has 1 aromatic rings. The summed E-state index contributed by atoms with van der Waals surface area (Å²) >= 11 is 0. The van der Waals surface area contributed by atoms with Crippen molar-refractivity contribution in [3.05, 3.63) is 53.9 Å². The van der Waals surface area contributed by atoms with E-state index in [0.717, 1.165) is 58.4 Å². The first-order valence-corrected chi connectivity index (χ1v) is 12.1. The third-order valence-corrected chi connectivity index (χ3v) is 7.19. The second kappa shape index (κ2) is 10.7. The Morgan fingerprint density at radius 3 is 2.56 bits per heavy atom. The highest BCUT2D eigenvalue weighted by Gasteiger charge is 2.42. The van der Waals surface area contributed by atoms with Crippen LogP contribution in [0.2, 0.25) is 0 Å². The topological polar surface area (TPSA) is 36.0 Å². The minimum Gasteiger partial charge on any atom is -0.381 e. The quantitative estimate of drug-likeness (QED) is 0.641. The van der Waals surface area contributed by atoms with Crippen LogP contribution in [0.5, 0.6) is 0 Å². The van der Waals surface area contributed by atoms with E-state index in [-0.39, 0.29) is 17.3 Å². The van der Waals surface area contributed by atoms with E-state index >= 15 is 0 Å². The monoisotopic (exact) mass is 441 g/mol. The van der Waals surface area contributed by atoms with Gasteiger partial charge < -0.3 is 9.64 Å². The molecule has 3 aliphatic rings. The molecule has 1 aliphatic carbocycles. The first-order chi connectivity index (χ1) is 15.6. The molecule has 2 heterocycles. The minimum atomic E-state index is -0.337. The molecule has 0 atom stereocenters. The highest BCUT2D eigenvalue weighted by molar-refractivity contribution is 5.93. The van der Waals surface area contributed by atoms with E-state index in [9.17, 15) is 9.18 Å². The van der Waals surface area contributed by atoms with Crippen LogP contribution >= 0.6 is 0 Å². The van der Waals surface area contributed by atoms with E-state index in [4.69, 9.17) is 4.74 Å². The van der Waals surface area contributed by atoms with Gasteiger partial charge in [0.15, 0.2) is 0 Å². The highest BCUT2D eigenvalue weighted by atomic mass is 19.1. The van der Waals surface area contributed by atoms with Gasteiger partial charge in [-0.05, 0) is 37.8 Å². The fourth-order valence-corrected chi connectivity index (χ4v) is 5.24. The van der Waals surface area contributed by atoms with Crippen LogP contribution in [0.1, 0.15) is 39.0 Å². The molecule has 2 fully saturated rings. The average Bonchev–Trinajstić information content (AvgIpc) is 2.84. The van der Waals surface area contributed by atoms with Crippen molar-refractivity contribution in [3.63, 3.8) is 0 Å². The number of allylic oxidation sites excluding steroid dienone is 3. The molecule has 0 aromatic heterocycles. The Labute approximate surface area is 191 Å². The summed E-state index contributed by atoms with van der Waals surface area (Å²) in [6.07, 6.45) is 11.1. The molecule has 0 radical (unpaired) electrons. The van der Waals surface area contributed by atoms with Crippen molar-refractivity contribution in [2.24, 2.45) is 0 Å². The number of benzene rings is 1. The van der Waals surface area contributed by atoms with Gasteiger partial charge >= 0.3 is 0 Å². The molecule has 5 nitrogen and oxygen atoms in total. The number of anilines is 1. The number of amides is 1. The van der Waals surface area contributed by atoms with Crippen molar-refractivity contribution >= 4 is 11.6 Å².